The molecule has 2 fully saturated rings. The van der Waals surface area contributed by atoms with E-state index in [0.29, 0.717) is 4.90 Å². The Morgan fingerprint density at radius 3 is 2.37 bits per heavy atom. The molecule has 7 heteroatoms. The number of carboxylic acid groups (broad SMARTS) is 1. The summed E-state index contributed by atoms with van der Waals surface area (Å²) in [6.45, 7) is 4.81. The normalized spacial score (nSPS) is 32.5. The van der Waals surface area contributed by atoms with Crippen LogP contribution in [-0.2, 0) is 9.53 Å². The van der Waals surface area contributed by atoms with Crippen molar-refractivity contribution < 1.29 is 28.2 Å². The Morgan fingerprint density at radius 1 is 1.32 bits per heavy atom. The second-order valence-electron chi connectivity index (χ2n) is 6.04. The van der Waals surface area contributed by atoms with Crippen LogP contribution in [0.2, 0.25) is 0 Å². The number of fused-ring (bicyclic) bond motifs is 1. The minimum Gasteiger partial charge on any atom is -0.480 e. The fraction of sp³-hybridized carbons (Fsp3) is 0.833. The fourth-order valence-electron chi connectivity index (χ4n) is 2.57. The molecule has 0 aromatic rings. The van der Waals surface area contributed by atoms with Gasteiger partial charge in [-0.15, -0.1) is 0 Å². The van der Waals surface area contributed by atoms with E-state index >= 15 is 0 Å². The number of hydrogen-bond donors (Lipinski definition) is 1. The molecule has 0 spiro atoms. The zero-order valence-corrected chi connectivity index (χ0v) is 11.0. The molecule has 0 bridgehead atoms. The molecule has 1 aliphatic heterocycles. The number of hydrogen-bond acceptors (Lipinski definition) is 3. The van der Waals surface area contributed by atoms with Crippen LogP contribution in [-0.4, -0.2) is 45.7 Å². The van der Waals surface area contributed by atoms with E-state index in [2.05, 4.69) is 0 Å². The average Bonchev–Trinajstić information content (AvgIpc) is 2.78. The number of carboxylic acids is 1. The SMILES string of the molecule is CC(C)(C)OC(=O)N1[C@H](C(=O)O)CC[C@H]2[C@@H]1C2(F)F. The Hall–Kier alpha value is -1.40. The van der Waals surface area contributed by atoms with Gasteiger partial charge >= 0.3 is 12.1 Å². The molecule has 2 aliphatic rings. The van der Waals surface area contributed by atoms with Crippen molar-refractivity contribution in [2.75, 3.05) is 0 Å². The number of ether oxygens (including phenoxy) is 1. The Morgan fingerprint density at radius 2 is 1.89 bits per heavy atom. The molecule has 1 N–H and O–H groups in total. The highest BCUT2D eigenvalue weighted by molar-refractivity contribution is 5.81. The Bertz CT molecular complexity index is 418. The van der Waals surface area contributed by atoms with Gasteiger partial charge in [-0.25, -0.2) is 18.4 Å². The monoisotopic (exact) mass is 277 g/mol. The first-order valence-electron chi connectivity index (χ1n) is 6.17. The number of carbonyl (C=O) groups is 2. The van der Waals surface area contributed by atoms with Crippen LogP contribution in [0.15, 0.2) is 0 Å². The van der Waals surface area contributed by atoms with Gasteiger partial charge in [0.25, 0.3) is 5.92 Å². The van der Waals surface area contributed by atoms with Gasteiger partial charge in [-0.05, 0) is 33.6 Å². The highest BCUT2D eigenvalue weighted by Crippen LogP contribution is 2.58. The molecular formula is C12H17F2NO4. The van der Waals surface area contributed by atoms with Crippen molar-refractivity contribution in [1.29, 1.82) is 0 Å². The van der Waals surface area contributed by atoms with E-state index < -0.39 is 41.6 Å². The highest BCUT2D eigenvalue weighted by atomic mass is 19.3. The van der Waals surface area contributed by atoms with Crippen molar-refractivity contribution in [2.24, 2.45) is 5.92 Å². The maximum absolute atomic E-state index is 13.5. The molecule has 1 heterocycles. The summed E-state index contributed by atoms with van der Waals surface area (Å²) in [7, 11) is 0. The van der Waals surface area contributed by atoms with Crippen molar-refractivity contribution in [3.63, 3.8) is 0 Å². The van der Waals surface area contributed by atoms with Crippen LogP contribution < -0.4 is 0 Å². The molecule has 1 aliphatic carbocycles. The molecule has 2 rings (SSSR count). The van der Waals surface area contributed by atoms with E-state index in [-0.39, 0.29) is 12.8 Å². The lowest BCUT2D eigenvalue weighted by Gasteiger charge is -2.33. The largest absolute Gasteiger partial charge is 0.480 e. The van der Waals surface area contributed by atoms with Gasteiger partial charge in [0, 0.05) is 0 Å². The molecule has 1 amide bonds. The second kappa shape index (κ2) is 4.05. The first-order valence-corrected chi connectivity index (χ1v) is 6.17. The van der Waals surface area contributed by atoms with Gasteiger partial charge in [-0.2, -0.15) is 0 Å². The maximum Gasteiger partial charge on any atom is 0.411 e. The Labute approximate surface area is 109 Å². The topological polar surface area (TPSA) is 66.8 Å². The molecule has 1 saturated carbocycles. The first kappa shape index (κ1) is 14.0. The minimum absolute atomic E-state index is 0.0331. The lowest BCUT2D eigenvalue weighted by atomic mass is 10.0. The number of nitrogens with zero attached hydrogens (tertiary/aromatic N) is 1. The van der Waals surface area contributed by atoms with Crippen molar-refractivity contribution in [1.82, 2.24) is 4.90 Å². The van der Waals surface area contributed by atoms with Gasteiger partial charge in [0.2, 0.25) is 0 Å². The number of halogens is 2. The lowest BCUT2D eigenvalue weighted by Crippen LogP contribution is -2.51. The first-order chi connectivity index (χ1) is 8.55. The molecule has 1 saturated heterocycles. The van der Waals surface area contributed by atoms with Gasteiger partial charge in [-0.1, -0.05) is 0 Å². The van der Waals surface area contributed by atoms with Gasteiger partial charge < -0.3 is 9.84 Å². The minimum atomic E-state index is -3.00. The van der Waals surface area contributed by atoms with Crippen molar-refractivity contribution in [3.05, 3.63) is 0 Å². The zero-order chi connectivity index (χ0) is 14.6. The molecule has 3 atom stereocenters. The van der Waals surface area contributed by atoms with Crippen molar-refractivity contribution in [3.8, 4) is 0 Å². The maximum atomic E-state index is 13.5. The Balaban J connectivity index is 2.22. The summed E-state index contributed by atoms with van der Waals surface area (Å²) in [4.78, 5) is 23.8. The van der Waals surface area contributed by atoms with Gasteiger partial charge in [0.1, 0.15) is 17.7 Å². The summed E-state index contributed by atoms with van der Waals surface area (Å²) < 4.78 is 32.1. The zero-order valence-electron chi connectivity index (χ0n) is 11.0. The predicted molar refractivity (Wildman–Crippen MR) is 61.0 cm³/mol. The van der Waals surface area contributed by atoms with Gasteiger partial charge in [0.15, 0.2) is 0 Å². The Kier molecular flexibility index (Phi) is 2.98. The quantitative estimate of drug-likeness (QED) is 0.797. The van der Waals surface area contributed by atoms with E-state index in [1.54, 1.807) is 20.8 Å². The lowest BCUT2D eigenvalue weighted by molar-refractivity contribution is -0.144. The van der Waals surface area contributed by atoms with Crippen LogP contribution >= 0.6 is 0 Å². The van der Waals surface area contributed by atoms with Crippen LogP contribution in [0.4, 0.5) is 13.6 Å². The second-order valence-corrected chi connectivity index (χ2v) is 6.04. The van der Waals surface area contributed by atoms with Crippen LogP contribution in [0.1, 0.15) is 33.6 Å². The summed E-state index contributed by atoms with van der Waals surface area (Å²) >= 11 is 0. The standard InChI is InChI=1S/C12H17F2NO4/c1-11(2,3)19-10(18)15-7(9(16)17)5-4-6-8(15)12(6,13)14/h6-8H,4-5H2,1-3H3,(H,16,17)/t6-,7-,8+/m0/s1. The molecule has 0 unspecified atom stereocenters. The third-order valence-corrected chi connectivity index (χ3v) is 3.44. The van der Waals surface area contributed by atoms with E-state index in [4.69, 9.17) is 9.84 Å². The third kappa shape index (κ3) is 2.37. The van der Waals surface area contributed by atoms with Crippen molar-refractivity contribution in [2.45, 2.75) is 57.2 Å². The van der Waals surface area contributed by atoms with E-state index in [1.807, 2.05) is 0 Å². The molecule has 0 aromatic heterocycles. The number of likely N-dealkylation sites (tertiary alicyclic amines) is 1. The summed E-state index contributed by atoms with van der Waals surface area (Å²) in [6, 6.07) is -2.57. The van der Waals surface area contributed by atoms with Crippen LogP contribution in [0.25, 0.3) is 0 Å². The van der Waals surface area contributed by atoms with Gasteiger partial charge in [-0.3, -0.25) is 4.90 Å². The highest BCUT2D eigenvalue weighted by Gasteiger charge is 2.74. The number of alkyl halides is 2. The van der Waals surface area contributed by atoms with Crippen molar-refractivity contribution >= 4 is 12.1 Å². The third-order valence-electron chi connectivity index (χ3n) is 3.44. The molecule has 108 valence electrons. The van der Waals surface area contributed by atoms with Crippen LogP contribution in [0, 0.1) is 5.92 Å². The summed E-state index contributed by atoms with van der Waals surface area (Å²) in [5.74, 6) is -5.20. The number of aliphatic carboxylic acids is 1. The smallest absolute Gasteiger partial charge is 0.411 e. The molecule has 0 radical (unpaired) electrons. The number of rotatable bonds is 1. The molecule has 19 heavy (non-hydrogen) atoms. The van der Waals surface area contributed by atoms with E-state index in [9.17, 15) is 18.4 Å². The summed E-state index contributed by atoms with van der Waals surface area (Å²) in [5, 5.41) is 9.07. The summed E-state index contributed by atoms with van der Waals surface area (Å²) in [6.07, 6.45) is -0.828. The van der Waals surface area contributed by atoms with Crippen LogP contribution in [0.5, 0.6) is 0 Å². The number of carbonyl (C=O) groups excluding carboxylic acids is 1. The van der Waals surface area contributed by atoms with Crippen LogP contribution in [0.3, 0.4) is 0 Å². The van der Waals surface area contributed by atoms with E-state index in [0.717, 1.165) is 0 Å². The number of piperidine rings is 1. The number of amides is 1. The molecule has 0 aromatic carbocycles. The summed E-state index contributed by atoms with van der Waals surface area (Å²) in [5.41, 5.74) is -0.850. The average molecular weight is 277 g/mol. The van der Waals surface area contributed by atoms with Gasteiger partial charge in [0.05, 0.1) is 5.92 Å². The van der Waals surface area contributed by atoms with E-state index in [1.165, 1.54) is 0 Å². The molecular weight excluding hydrogens is 260 g/mol. The molecule has 5 nitrogen and oxygen atoms in total. The fourth-order valence-corrected chi connectivity index (χ4v) is 2.57. The predicted octanol–water partition coefficient (Wildman–Crippen LogP) is 2.10.